The molecule has 2 amide bonds. The molecule has 6 nitrogen and oxygen atoms in total. The van der Waals surface area contributed by atoms with E-state index in [0.717, 1.165) is 23.2 Å². The number of rotatable bonds is 2. The van der Waals surface area contributed by atoms with Gasteiger partial charge in [0.2, 0.25) is 5.91 Å². The Morgan fingerprint density at radius 1 is 1.33 bits per heavy atom. The van der Waals surface area contributed by atoms with E-state index >= 15 is 0 Å². The summed E-state index contributed by atoms with van der Waals surface area (Å²) < 4.78 is 27.5. The van der Waals surface area contributed by atoms with Crippen molar-refractivity contribution in [3.05, 3.63) is 35.4 Å². The van der Waals surface area contributed by atoms with Gasteiger partial charge in [-0.05, 0) is 24.6 Å². The molecule has 0 aliphatic carbocycles. The number of benzene rings is 1. The van der Waals surface area contributed by atoms with Crippen LogP contribution in [0.4, 0.5) is 8.78 Å². The van der Waals surface area contributed by atoms with Crippen molar-refractivity contribution in [1.29, 1.82) is 0 Å². The first-order valence-electron chi connectivity index (χ1n) is 7.65. The molecule has 24 heavy (non-hydrogen) atoms. The quantitative estimate of drug-likeness (QED) is 0.881. The summed E-state index contributed by atoms with van der Waals surface area (Å²) in [6.07, 6.45) is -0.359. The second kappa shape index (κ2) is 6.27. The van der Waals surface area contributed by atoms with Crippen LogP contribution in [-0.4, -0.2) is 52.2 Å². The smallest absolute Gasteiger partial charge is 0.270 e. The number of likely N-dealkylation sites (tertiary alicyclic amines) is 1. The van der Waals surface area contributed by atoms with Crippen molar-refractivity contribution in [2.24, 2.45) is 5.10 Å². The largest absolute Gasteiger partial charge is 0.391 e. The lowest BCUT2D eigenvalue weighted by Gasteiger charge is -2.27. The van der Waals surface area contributed by atoms with Gasteiger partial charge in [0.15, 0.2) is 0 Å². The molecule has 1 aromatic rings. The van der Waals surface area contributed by atoms with Crippen molar-refractivity contribution in [2.75, 3.05) is 13.6 Å². The zero-order valence-electron chi connectivity index (χ0n) is 13.1. The van der Waals surface area contributed by atoms with Crippen LogP contribution in [0.15, 0.2) is 23.3 Å². The van der Waals surface area contributed by atoms with Crippen molar-refractivity contribution in [3.8, 4) is 0 Å². The van der Waals surface area contributed by atoms with Gasteiger partial charge >= 0.3 is 0 Å². The van der Waals surface area contributed by atoms with E-state index in [-0.39, 0.29) is 43.0 Å². The van der Waals surface area contributed by atoms with Crippen molar-refractivity contribution < 1.29 is 23.5 Å². The summed E-state index contributed by atoms with van der Waals surface area (Å²) in [5.41, 5.74) is 0.203. The number of hydrogen-bond acceptors (Lipinski definition) is 4. The predicted octanol–water partition coefficient (Wildman–Crippen LogP) is 1.21. The summed E-state index contributed by atoms with van der Waals surface area (Å²) in [5, 5.41) is 15.0. The van der Waals surface area contributed by atoms with Gasteiger partial charge in [-0.15, -0.1) is 0 Å². The molecule has 1 N–H and O–H groups in total. The molecule has 0 aromatic heterocycles. The monoisotopic (exact) mass is 337 g/mol. The lowest BCUT2D eigenvalue weighted by molar-refractivity contribution is -0.130. The molecule has 2 aliphatic heterocycles. The molecule has 0 unspecified atom stereocenters. The Morgan fingerprint density at radius 3 is 2.79 bits per heavy atom. The molecular formula is C16H17F2N3O3. The maximum atomic E-state index is 14.1. The summed E-state index contributed by atoms with van der Waals surface area (Å²) in [4.78, 5) is 25.5. The van der Waals surface area contributed by atoms with Crippen LogP contribution in [0, 0.1) is 11.6 Å². The van der Waals surface area contributed by atoms with Gasteiger partial charge in [0.05, 0.1) is 12.1 Å². The number of amides is 2. The molecule has 1 saturated heterocycles. The minimum Gasteiger partial charge on any atom is -0.391 e. The number of halogens is 2. The highest BCUT2D eigenvalue weighted by molar-refractivity contribution is 6.39. The summed E-state index contributed by atoms with van der Waals surface area (Å²) >= 11 is 0. The fourth-order valence-electron chi connectivity index (χ4n) is 3.09. The highest BCUT2D eigenvalue weighted by Crippen LogP contribution is 2.34. The van der Waals surface area contributed by atoms with E-state index in [1.54, 1.807) is 0 Å². The number of nitrogens with zero attached hydrogens (tertiary/aromatic N) is 3. The Kier molecular flexibility index (Phi) is 4.31. The maximum absolute atomic E-state index is 14.1. The number of aliphatic hydroxyl groups is 1. The van der Waals surface area contributed by atoms with E-state index in [0.29, 0.717) is 0 Å². The Morgan fingerprint density at radius 2 is 2.08 bits per heavy atom. The first kappa shape index (κ1) is 16.5. The zero-order chi connectivity index (χ0) is 17.4. The fourth-order valence-corrected chi connectivity index (χ4v) is 3.09. The van der Waals surface area contributed by atoms with Crippen LogP contribution in [0.3, 0.4) is 0 Å². The topological polar surface area (TPSA) is 73.2 Å². The lowest BCUT2D eigenvalue weighted by Crippen LogP contribution is -2.41. The minimum atomic E-state index is -0.829. The predicted molar refractivity (Wildman–Crippen MR) is 80.9 cm³/mol. The van der Waals surface area contributed by atoms with Crippen molar-refractivity contribution >= 4 is 17.5 Å². The van der Waals surface area contributed by atoms with E-state index in [2.05, 4.69) is 5.10 Å². The van der Waals surface area contributed by atoms with Gasteiger partial charge in [-0.1, -0.05) is 0 Å². The maximum Gasteiger partial charge on any atom is 0.270 e. The molecule has 0 bridgehead atoms. The third kappa shape index (κ3) is 3.01. The van der Waals surface area contributed by atoms with E-state index in [4.69, 9.17) is 0 Å². The lowest BCUT2D eigenvalue weighted by atomic mass is 10.0. The number of carbonyl (C=O) groups is 2. The van der Waals surface area contributed by atoms with Crippen LogP contribution in [-0.2, 0) is 9.59 Å². The average Bonchev–Trinajstić information content (AvgIpc) is 2.93. The number of hydrogen-bond donors (Lipinski definition) is 1. The second-order valence-corrected chi connectivity index (χ2v) is 5.99. The van der Waals surface area contributed by atoms with Gasteiger partial charge in [0.25, 0.3) is 5.91 Å². The van der Waals surface area contributed by atoms with Crippen LogP contribution >= 0.6 is 0 Å². The first-order valence-corrected chi connectivity index (χ1v) is 7.65. The number of aliphatic hydroxyl groups excluding tert-OH is 1. The Hall–Kier alpha value is -2.35. The van der Waals surface area contributed by atoms with Crippen LogP contribution in [0.2, 0.25) is 0 Å². The third-order valence-corrected chi connectivity index (χ3v) is 4.31. The summed E-state index contributed by atoms with van der Waals surface area (Å²) in [5.74, 6) is -1.91. The molecule has 1 fully saturated rings. The highest BCUT2D eigenvalue weighted by atomic mass is 19.1. The Labute approximate surface area is 137 Å². The van der Waals surface area contributed by atoms with Crippen molar-refractivity contribution in [3.63, 3.8) is 0 Å². The molecule has 0 spiro atoms. The molecule has 2 aliphatic rings. The Bertz CT molecular complexity index is 723. The van der Waals surface area contributed by atoms with Gasteiger partial charge in [-0.25, -0.2) is 13.8 Å². The molecule has 0 saturated carbocycles. The van der Waals surface area contributed by atoms with Gasteiger partial charge in [-0.2, -0.15) is 5.10 Å². The SMILES string of the molecule is CN1N=C(C(=O)N2C[C@H](O)C[C@@H]2c2cc(F)ccc2F)CCC1=O. The third-order valence-electron chi connectivity index (χ3n) is 4.31. The molecule has 1 aromatic carbocycles. The van der Waals surface area contributed by atoms with Gasteiger partial charge in [0, 0.05) is 32.0 Å². The zero-order valence-corrected chi connectivity index (χ0v) is 13.1. The normalized spacial score (nSPS) is 24.3. The summed E-state index contributed by atoms with van der Waals surface area (Å²) in [7, 11) is 1.46. The van der Waals surface area contributed by atoms with Crippen LogP contribution in [0.5, 0.6) is 0 Å². The summed E-state index contributed by atoms with van der Waals surface area (Å²) in [6.45, 7) is 0.0101. The van der Waals surface area contributed by atoms with Gasteiger partial charge in [0.1, 0.15) is 17.3 Å². The molecule has 128 valence electrons. The van der Waals surface area contributed by atoms with E-state index in [1.165, 1.54) is 11.9 Å². The number of hydrazone groups is 1. The minimum absolute atomic E-state index is 0.0101. The molecular weight excluding hydrogens is 320 g/mol. The highest BCUT2D eigenvalue weighted by Gasteiger charge is 2.39. The molecule has 8 heteroatoms. The van der Waals surface area contributed by atoms with Crippen molar-refractivity contribution in [2.45, 2.75) is 31.4 Å². The first-order chi connectivity index (χ1) is 11.4. The number of β-amino-alcohol motifs (C(OH)–C–C–N with tert-alkyl or cyclic N) is 1. The van der Waals surface area contributed by atoms with Gasteiger partial charge < -0.3 is 10.0 Å². The van der Waals surface area contributed by atoms with Gasteiger partial charge in [-0.3, -0.25) is 9.59 Å². The molecule has 3 rings (SSSR count). The van der Waals surface area contributed by atoms with Crippen LogP contribution in [0.1, 0.15) is 30.9 Å². The number of carbonyl (C=O) groups excluding carboxylic acids is 2. The standard InChI is InChI=1S/C16H17F2N3O3/c1-20-15(23)5-4-13(19-20)16(24)21-8-10(22)7-14(21)11-6-9(17)2-3-12(11)18/h2-3,6,10,14,22H,4-5,7-8H2,1H3/t10-,14-/m1/s1. The van der Waals surface area contributed by atoms with E-state index < -0.39 is 29.7 Å². The second-order valence-electron chi connectivity index (χ2n) is 5.99. The van der Waals surface area contributed by atoms with E-state index in [1.807, 2.05) is 0 Å². The van der Waals surface area contributed by atoms with Crippen LogP contribution in [0.25, 0.3) is 0 Å². The van der Waals surface area contributed by atoms with E-state index in [9.17, 15) is 23.5 Å². The average molecular weight is 337 g/mol. The summed E-state index contributed by atoms with van der Waals surface area (Å²) in [6, 6.07) is 2.27. The fraction of sp³-hybridized carbons (Fsp3) is 0.438. The molecule has 2 atom stereocenters. The van der Waals surface area contributed by atoms with Crippen molar-refractivity contribution in [1.82, 2.24) is 9.91 Å². The van der Waals surface area contributed by atoms with Crippen LogP contribution < -0.4 is 0 Å². The molecule has 0 radical (unpaired) electrons. The molecule has 2 heterocycles. The Balaban J connectivity index is 1.91.